The molecule has 142 valence electrons. The van der Waals surface area contributed by atoms with E-state index >= 15 is 0 Å². The van der Waals surface area contributed by atoms with E-state index in [-0.39, 0.29) is 12.1 Å². The van der Waals surface area contributed by atoms with Crippen molar-refractivity contribution in [3.05, 3.63) is 77.5 Å². The number of amides is 1. The fourth-order valence-electron chi connectivity index (χ4n) is 3.38. The van der Waals surface area contributed by atoms with Crippen LogP contribution in [-0.4, -0.2) is 25.1 Å². The number of aromatic nitrogens is 1. The van der Waals surface area contributed by atoms with Gasteiger partial charge in [-0.05, 0) is 36.8 Å². The van der Waals surface area contributed by atoms with Crippen molar-refractivity contribution >= 4 is 17.4 Å². The minimum atomic E-state index is -0.378. The van der Waals surface area contributed by atoms with Crippen LogP contribution in [0.5, 0.6) is 11.5 Å². The van der Waals surface area contributed by atoms with E-state index in [9.17, 15) is 4.79 Å². The second-order valence-corrected chi connectivity index (χ2v) is 6.57. The van der Waals surface area contributed by atoms with Gasteiger partial charge >= 0.3 is 0 Å². The first kappa shape index (κ1) is 17.9. The Kier molecular flexibility index (Phi) is 4.61. The number of hydrogen-bond acceptors (Lipinski definition) is 5. The van der Waals surface area contributed by atoms with Crippen LogP contribution in [0.25, 0.3) is 0 Å². The topological polar surface area (TPSA) is 63.7 Å². The Bertz CT molecular complexity index is 1020. The minimum absolute atomic E-state index is 0.0788. The molecule has 2 aromatic carbocycles. The van der Waals surface area contributed by atoms with E-state index in [1.165, 1.54) is 0 Å². The predicted octanol–water partition coefficient (Wildman–Crippen LogP) is 4.18. The summed E-state index contributed by atoms with van der Waals surface area (Å²) in [4.78, 5) is 19.3. The summed E-state index contributed by atoms with van der Waals surface area (Å²) >= 11 is 0. The van der Waals surface area contributed by atoms with Gasteiger partial charge in [-0.15, -0.1) is 0 Å². The van der Waals surface area contributed by atoms with Crippen molar-refractivity contribution in [2.45, 2.75) is 13.1 Å². The van der Waals surface area contributed by atoms with Crippen LogP contribution in [0.2, 0.25) is 0 Å². The Hall–Kier alpha value is -3.54. The summed E-state index contributed by atoms with van der Waals surface area (Å²) in [5.41, 5.74) is 3.43. The second kappa shape index (κ2) is 7.23. The van der Waals surface area contributed by atoms with Crippen LogP contribution < -0.4 is 19.7 Å². The Morgan fingerprint density at radius 1 is 1.00 bits per heavy atom. The maximum atomic E-state index is 13.1. The van der Waals surface area contributed by atoms with Crippen LogP contribution in [0.15, 0.2) is 60.8 Å². The molecule has 2 heterocycles. The van der Waals surface area contributed by atoms with Crippen LogP contribution in [0.1, 0.15) is 27.7 Å². The number of rotatable bonds is 5. The molecule has 0 radical (unpaired) electrons. The number of nitrogens with zero attached hydrogens (tertiary/aromatic N) is 2. The van der Waals surface area contributed by atoms with Crippen molar-refractivity contribution in [2.24, 2.45) is 0 Å². The molecule has 0 saturated heterocycles. The zero-order valence-electron chi connectivity index (χ0n) is 16.0. The molecule has 28 heavy (non-hydrogen) atoms. The molecule has 1 aromatic heterocycles. The number of methoxy groups -OCH3 is 2. The number of fused-ring (bicyclic) bond motifs is 1. The summed E-state index contributed by atoms with van der Waals surface area (Å²) in [5, 5.41) is 3.45. The van der Waals surface area contributed by atoms with E-state index in [0.29, 0.717) is 22.9 Å². The van der Waals surface area contributed by atoms with Gasteiger partial charge in [0.1, 0.15) is 12.0 Å². The van der Waals surface area contributed by atoms with Crippen LogP contribution in [0, 0.1) is 6.92 Å². The average molecular weight is 375 g/mol. The van der Waals surface area contributed by atoms with Gasteiger partial charge in [-0.2, -0.15) is 0 Å². The van der Waals surface area contributed by atoms with E-state index in [1.807, 2.05) is 61.5 Å². The summed E-state index contributed by atoms with van der Waals surface area (Å²) in [6, 6.07) is 17.0. The zero-order valence-corrected chi connectivity index (χ0v) is 16.0. The zero-order chi connectivity index (χ0) is 19.7. The van der Waals surface area contributed by atoms with Crippen molar-refractivity contribution in [1.29, 1.82) is 0 Å². The predicted molar refractivity (Wildman–Crippen MR) is 108 cm³/mol. The van der Waals surface area contributed by atoms with Crippen LogP contribution in [0.3, 0.4) is 0 Å². The summed E-state index contributed by atoms with van der Waals surface area (Å²) in [6.07, 6.45) is 1.39. The number of carbonyl (C=O) groups is 1. The van der Waals surface area contributed by atoms with Crippen molar-refractivity contribution < 1.29 is 14.3 Å². The molecule has 0 fully saturated rings. The SMILES string of the molecule is COc1ccc(NC2c3ccccc3C(=O)N2c2ccc(C)cn2)cc1OC. The van der Waals surface area contributed by atoms with E-state index in [4.69, 9.17) is 9.47 Å². The van der Waals surface area contributed by atoms with Crippen molar-refractivity contribution in [3.8, 4) is 11.5 Å². The van der Waals surface area contributed by atoms with Crippen molar-refractivity contribution in [2.75, 3.05) is 24.4 Å². The number of aryl methyl sites for hydroxylation is 1. The first-order chi connectivity index (χ1) is 13.6. The molecule has 3 aromatic rings. The molecule has 6 heteroatoms. The lowest BCUT2D eigenvalue weighted by Crippen LogP contribution is -2.32. The van der Waals surface area contributed by atoms with Crippen molar-refractivity contribution in [1.82, 2.24) is 4.98 Å². The molecule has 0 spiro atoms. The molecule has 0 aliphatic carbocycles. The molecule has 1 atom stereocenters. The lowest BCUT2D eigenvalue weighted by molar-refractivity contribution is 0.0992. The first-order valence-corrected chi connectivity index (χ1v) is 8.96. The van der Waals surface area contributed by atoms with Gasteiger partial charge < -0.3 is 14.8 Å². The molecule has 0 saturated carbocycles. The fourth-order valence-corrected chi connectivity index (χ4v) is 3.38. The molecule has 0 bridgehead atoms. The number of hydrogen-bond donors (Lipinski definition) is 1. The van der Waals surface area contributed by atoms with E-state index in [2.05, 4.69) is 10.3 Å². The van der Waals surface area contributed by atoms with Crippen LogP contribution in [-0.2, 0) is 0 Å². The summed E-state index contributed by atoms with van der Waals surface area (Å²) in [6.45, 7) is 1.97. The highest BCUT2D eigenvalue weighted by atomic mass is 16.5. The second-order valence-electron chi connectivity index (χ2n) is 6.57. The quantitative estimate of drug-likeness (QED) is 0.725. The van der Waals surface area contributed by atoms with E-state index in [1.54, 1.807) is 25.3 Å². The van der Waals surface area contributed by atoms with E-state index < -0.39 is 0 Å². The molecule has 6 nitrogen and oxygen atoms in total. The third-order valence-corrected chi connectivity index (χ3v) is 4.79. The molecule has 1 aliphatic heterocycles. The smallest absolute Gasteiger partial charge is 0.261 e. The third-order valence-electron chi connectivity index (χ3n) is 4.79. The summed E-state index contributed by atoms with van der Waals surface area (Å²) < 4.78 is 10.7. The molecular formula is C22H21N3O3. The standard InChI is InChI=1S/C22H21N3O3/c1-14-8-11-20(23-13-14)25-21(16-6-4-5-7-17(16)22(25)26)24-15-9-10-18(27-2)19(12-15)28-3/h4-13,21,24H,1-3H3. The summed E-state index contributed by atoms with van der Waals surface area (Å²) in [5.74, 6) is 1.79. The molecule has 1 amide bonds. The highest BCUT2D eigenvalue weighted by Gasteiger charge is 2.38. The maximum Gasteiger partial charge on any atom is 0.261 e. The van der Waals surface area contributed by atoms with Gasteiger partial charge in [0, 0.05) is 29.1 Å². The first-order valence-electron chi connectivity index (χ1n) is 8.96. The van der Waals surface area contributed by atoms with Crippen molar-refractivity contribution in [3.63, 3.8) is 0 Å². The van der Waals surface area contributed by atoms with Gasteiger partial charge in [-0.3, -0.25) is 9.69 Å². The average Bonchev–Trinajstić information content (AvgIpc) is 3.00. The van der Waals surface area contributed by atoms with Gasteiger partial charge in [0.15, 0.2) is 11.5 Å². The number of pyridine rings is 1. The number of carbonyl (C=O) groups excluding carboxylic acids is 1. The van der Waals surface area contributed by atoms with Gasteiger partial charge in [0.2, 0.25) is 0 Å². The normalized spacial score (nSPS) is 15.3. The molecular weight excluding hydrogens is 354 g/mol. The van der Waals surface area contributed by atoms with Gasteiger partial charge in [0.05, 0.1) is 14.2 Å². The maximum absolute atomic E-state index is 13.1. The largest absolute Gasteiger partial charge is 0.493 e. The van der Waals surface area contributed by atoms with Crippen LogP contribution >= 0.6 is 0 Å². The summed E-state index contributed by atoms with van der Waals surface area (Å²) in [7, 11) is 3.19. The molecule has 1 aliphatic rings. The Morgan fingerprint density at radius 3 is 2.50 bits per heavy atom. The Morgan fingerprint density at radius 2 is 1.79 bits per heavy atom. The lowest BCUT2D eigenvalue weighted by Gasteiger charge is -2.26. The van der Waals surface area contributed by atoms with Gasteiger partial charge in [-0.25, -0.2) is 4.98 Å². The third kappa shape index (κ3) is 3.03. The van der Waals surface area contributed by atoms with Gasteiger partial charge in [0.25, 0.3) is 5.91 Å². The highest BCUT2D eigenvalue weighted by Crippen LogP contribution is 2.38. The number of nitrogens with one attached hydrogen (secondary N) is 1. The van der Waals surface area contributed by atoms with Crippen LogP contribution in [0.4, 0.5) is 11.5 Å². The molecule has 1 N–H and O–H groups in total. The number of ether oxygens (including phenoxy) is 2. The number of benzene rings is 2. The Labute approximate surface area is 163 Å². The fraction of sp³-hybridized carbons (Fsp3) is 0.182. The minimum Gasteiger partial charge on any atom is -0.493 e. The monoisotopic (exact) mass is 375 g/mol. The molecule has 4 rings (SSSR count). The highest BCUT2D eigenvalue weighted by molar-refractivity contribution is 6.11. The molecule has 1 unspecified atom stereocenters. The van der Waals surface area contributed by atoms with Gasteiger partial charge in [-0.1, -0.05) is 24.3 Å². The lowest BCUT2D eigenvalue weighted by atomic mass is 10.1. The van der Waals surface area contributed by atoms with E-state index in [0.717, 1.165) is 16.8 Å². The number of anilines is 2. The Balaban J connectivity index is 1.75.